The zero-order chi connectivity index (χ0) is 13.8. The highest BCUT2D eigenvalue weighted by atomic mass is 16.2. The molecular formula is C16H22N2O. The number of carbonyl (C=O) groups excluding carboxylic acids is 1. The molecule has 0 bridgehead atoms. The van der Waals surface area contributed by atoms with Crippen molar-refractivity contribution in [3.63, 3.8) is 0 Å². The predicted octanol–water partition coefficient (Wildman–Crippen LogP) is 3.13. The Hall–Kier alpha value is -1.64. The molecule has 1 aliphatic carbocycles. The number of fused-ring (bicyclic) bond motifs is 1. The van der Waals surface area contributed by atoms with E-state index in [1.54, 1.807) is 0 Å². The molecule has 3 nitrogen and oxygen atoms in total. The summed E-state index contributed by atoms with van der Waals surface area (Å²) in [7, 11) is 0. The molecule has 1 atom stereocenters. The number of aromatic nitrogens is 1. The Balaban J connectivity index is 2.32. The minimum Gasteiger partial charge on any atom is -0.330 e. The summed E-state index contributed by atoms with van der Waals surface area (Å²) in [6.07, 6.45) is 6.42. The zero-order valence-corrected chi connectivity index (χ0v) is 11.8. The Morgan fingerprint density at radius 2 is 2.42 bits per heavy atom. The molecule has 1 aromatic heterocycles. The maximum Gasteiger partial charge on any atom is 0.246 e. The van der Waals surface area contributed by atoms with Crippen LogP contribution < -0.4 is 0 Å². The maximum atomic E-state index is 12.1. The number of rotatable bonds is 4. The minimum absolute atomic E-state index is 0.0113. The Morgan fingerprint density at radius 3 is 3.11 bits per heavy atom. The van der Waals surface area contributed by atoms with Crippen molar-refractivity contribution in [2.24, 2.45) is 5.92 Å². The third-order valence-corrected chi connectivity index (χ3v) is 3.56. The molecule has 0 aliphatic heterocycles. The van der Waals surface area contributed by atoms with Crippen molar-refractivity contribution >= 4 is 5.91 Å². The van der Waals surface area contributed by atoms with Crippen LogP contribution in [0.15, 0.2) is 31.0 Å². The molecule has 1 unspecified atom stereocenters. The minimum atomic E-state index is 0.0113. The smallest absolute Gasteiger partial charge is 0.246 e. The van der Waals surface area contributed by atoms with E-state index in [0.29, 0.717) is 5.92 Å². The van der Waals surface area contributed by atoms with Gasteiger partial charge in [-0.05, 0) is 42.9 Å². The molecule has 1 aromatic rings. The Kier molecular flexibility index (Phi) is 4.35. The van der Waals surface area contributed by atoms with Crippen molar-refractivity contribution in [1.82, 2.24) is 9.88 Å². The predicted molar refractivity (Wildman–Crippen MR) is 76.7 cm³/mol. The first-order valence-electron chi connectivity index (χ1n) is 7.00. The lowest BCUT2D eigenvalue weighted by molar-refractivity contribution is -0.129. The van der Waals surface area contributed by atoms with Crippen molar-refractivity contribution in [2.45, 2.75) is 39.2 Å². The molecule has 0 aromatic carbocycles. The van der Waals surface area contributed by atoms with E-state index in [1.165, 1.54) is 11.6 Å². The Labute approximate surface area is 115 Å². The van der Waals surface area contributed by atoms with Crippen LogP contribution in [0.3, 0.4) is 0 Å². The first-order valence-corrected chi connectivity index (χ1v) is 7.00. The van der Waals surface area contributed by atoms with Crippen LogP contribution in [0, 0.1) is 5.92 Å². The summed E-state index contributed by atoms with van der Waals surface area (Å²) in [5.41, 5.74) is 2.36. The SMILES string of the molecule is C=CC(=O)N(CC(C)C)C1CCCc2cccnc21. The highest BCUT2D eigenvalue weighted by Crippen LogP contribution is 2.33. The van der Waals surface area contributed by atoms with Gasteiger partial charge >= 0.3 is 0 Å². The lowest BCUT2D eigenvalue weighted by Crippen LogP contribution is -2.38. The molecule has 0 spiro atoms. The van der Waals surface area contributed by atoms with E-state index in [4.69, 9.17) is 0 Å². The summed E-state index contributed by atoms with van der Waals surface area (Å²) >= 11 is 0. The van der Waals surface area contributed by atoms with Gasteiger partial charge in [0.2, 0.25) is 5.91 Å². The summed E-state index contributed by atoms with van der Waals surface area (Å²) in [5, 5.41) is 0. The van der Waals surface area contributed by atoms with E-state index < -0.39 is 0 Å². The van der Waals surface area contributed by atoms with Gasteiger partial charge < -0.3 is 4.90 Å². The Bertz CT molecular complexity index is 468. The summed E-state index contributed by atoms with van der Waals surface area (Å²) in [6, 6.07) is 4.21. The molecule has 1 heterocycles. The second-order valence-corrected chi connectivity index (χ2v) is 5.54. The molecule has 0 fully saturated rings. The quantitative estimate of drug-likeness (QED) is 0.777. The average molecular weight is 258 g/mol. The van der Waals surface area contributed by atoms with E-state index in [1.807, 2.05) is 17.2 Å². The number of pyridine rings is 1. The number of carbonyl (C=O) groups is 1. The summed E-state index contributed by atoms with van der Waals surface area (Å²) < 4.78 is 0. The van der Waals surface area contributed by atoms with Gasteiger partial charge in [0.05, 0.1) is 11.7 Å². The number of hydrogen-bond acceptors (Lipinski definition) is 2. The summed E-state index contributed by atoms with van der Waals surface area (Å²) in [5.74, 6) is 0.454. The second kappa shape index (κ2) is 6.00. The van der Waals surface area contributed by atoms with Crippen molar-refractivity contribution in [2.75, 3.05) is 6.54 Å². The number of nitrogens with zero attached hydrogens (tertiary/aromatic N) is 2. The van der Waals surface area contributed by atoms with Crippen LogP contribution in [0.4, 0.5) is 0 Å². The van der Waals surface area contributed by atoms with Gasteiger partial charge in [-0.3, -0.25) is 9.78 Å². The molecule has 3 heteroatoms. The third kappa shape index (κ3) is 3.03. The molecule has 2 rings (SSSR count). The van der Waals surface area contributed by atoms with E-state index in [2.05, 4.69) is 31.5 Å². The fourth-order valence-corrected chi connectivity index (χ4v) is 2.77. The van der Waals surface area contributed by atoms with Gasteiger partial charge in [0.15, 0.2) is 0 Å². The number of amides is 1. The molecule has 0 saturated heterocycles. The van der Waals surface area contributed by atoms with Crippen molar-refractivity contribution < 1.29 is 4.79 Å². The van der Waals surface area contributed by atoms with Gasteiger partial charge in [0.1, 0.15) is 0 Å². The van der Waals surface area contributed by atoms with Gasteiger partial charge in [-0.15, -0.1) is 0 Å². The molecule has 1 aliphatic rings. The van der Waals surface area contributed by atoms with Crippen molar-refractivity contribution in [3.8, 4) is 0 Å². The molecule has 0 saturated carbocycles. The van der Waals surface area contributed by atoms with Crippen LogP contribution in [0.5, 0.6) is 0 Å². The molecule has 0 radical (unpaired) electrons. The number of hydrogen-bond donors (Lipinski definition) is 0. The zero-order valence-electron chi connectivity index (χ0n) is 11.8. The van der Waals surface area contributed by atoms with Crippen LogP contribution in [-0.2, 0) is 11.2 Å². The van der Waals surface area contributed by atoms with E-state index >= 15 is 0 Å². The van der Waals surface area contributed by atoms with Gasteiger partial charge in [-0.1, -0.05) is 26.5 Å². The van der Waals surface area contributed by atoms with Gasteiger partial charge in [0, 0.05) is 12.7 Å². The maximum absolute atomic E-state index is 12.1. The topological polar surface area (TPSA) is 33.2 Å². The van der Waals surface area contributed by atoms with Crippen molar-refractivity contribution in [1.29, 1.82) is 0 Å². The highest BCUT2D eigenvalue weighted by molar-refractivity contribution is 5.87. The van der Waals surface area contributed by atoms with Crippen LogP contribution in [0.2, 0.25) is 0 Å². The first-order chi connectivity index (χ1) is 9.13. The summed E-state index contributed by atoms with van der Waals surface area (Å²) in [4.78, 5) is 18.6. The molecule has 19 heavy (non-hydrogen) atoms. The van der Waals surface area contributed by atoms with E-state index in [-0.39, 0.29) is 11.9 Å². The standard InChI is InChI=1S/C16H22N2O/c1-4-15(19)18(11-12(2)3)14-9-5-7-13-8-6-10-17-16(13)14/h4,6,8,10,12,14H,1,5,7,9,11H2,2-3H3. The highest BCUT2D eigenvalue weighted by Gasteiger charge is 2.29. The fourth-order valence-electron chi connectivity index (χ4n) is 2.77. The normalized spacial score (nSPS) is 17.9. The van der Waals surface area contributed by atoms with Crippen molar-refractivity contribution in [3.05, 3.63) is 42.2 Å². The van der Waals surface area contributed by atoms with Crippen LogP contribution in [0.1, 0.15) is 44.0 Å². The van der Waals surface area contributed by atoms with Crippen LogP contribution in [-0.4, -0.2) is 22.3 Å². The summed E-state index contributed by atoms with van der Waals surface area (Å²) in [6.45, 7) is 8.64. The molecular weight excluding hydrogens is 236 g/mol. The van der Waals surface area contributed by atoms with E-state index in [0.717, 1.165) is 31.5 Å². The number of aryl methyl sites for hydroxylation is 1. The van der Waals surface area contributed by atoms with Gasteiger partial charge in [0.25, 0.3) is 0 Å². The largest absolute Gasteiger partial charge is 0.330 e. The fraction of sp³-hybridized carbons (Fsp3) is 0.500. The van der Waals surface area contributed by atoms with Crippen LogP contribution >= 0.6 is 0 Å². The third-order valence-electron chi connectivity index (χ3n) is 3.56. The van der Waals surface area contributed by atoms with Crippen LogP contribution in [0.25, 0.3) is 0 Å². The monoisotopic (exact) mass is 258 g/mol. The van der Waals surface area contributed by atoms with Gasteiger partial charge in [-0.25, -0.2) is 0 Å². The Morgan fingerprint density at radius 1 is 1.63 bits per heavy atom. The first kappa shape index (κ1) is 13.8. The van der Waals surface area contributed by atoms with Gasteiger partial charge in [-0.2, -0.15) is 0 Å². The molecule has 1 amide bonds. The molecule has 0 N–H and O–H groups in total. The lowest BCUT2D eigenvalue weighted by Gasteiger charge is -2.35. The molecule has 102 valence electrons. The average Bonchev–Trinajstić information content (AvgIpc) is 2.43. The second-order valence-electron chi connectivity index (χ2n) is 5.54. The van der Waals surface area contributed by atoms with E-state index in [9.17, 15) is 4.79 Å². The lowest BCUT2D eigenvalue weighted by atomic mass is 9.90.